The summed E-state index contributed by atoms with van der Waals surface area (Å²) in [6.45, 7) is 1.56. The Hall–Kier alpha value is -0.160. The van der Waals surface area contributed by atoms with Gasteiger partial charge in [-0.15, -0.1) is 0 Å². The summed E-state index contributed by atoms with van der Waals surface area (Å²) in [6.07, 6.45) is 12.7. The van der Waals surface area contributed by atoms with Crippen molar-refractivity contribution in [3.05, 3.63) is 0 Å². The van der Waals surface area contributed by atoms with Crippen LogP contribution in [-0.2, 0) is 0 Å². The SMILES string of the molecule is NCCC1(CCN)CCCCC12NC1CCC(CC1)N2. The van der Waals surface area contributed by atoms with Crippen LogP contribution in [-0.4, -0.2) is 30.8 Å². The average Bonchev–Trinajstić information content (AvgIpc) is 2.73. The van der Waals surface area contributed by atoms with Crippen LogP contribution >= 0.6 is 0 Å². The highest BCUT2D eigenvalue weighted by Gasteiger charge is 2.54. The fourth-order valence-corrected chi connectivity index (χ4v) is 5.26. The second kappa shape index (κ2) is 5.91. The summed E-state index contributed by atoms with van der Waals surface area (Å²) < 4.78 is 0. The molecule has 2 bridgehead atoms. The van der Waals surface area contributed by atoms with Crippen LogP contribution in [0.3, 0.4) is 0 Å². The van der Waals surface area contributed by atoms with Crippen LogP contribution in [0.4, 0.5) is 0 Å². The molecule has 2 aliphatic carbocycles. The van der Waals surface area contributed by atoms with E-state index >= 15 is 0 Å². The first kappa shape index (κ1) is 14.8. The minimum Gasteiger partial charge on any atom is -0.330 e. The molecule has 4 rings (SSSR count). The minimum absolute atomic E-state index is 0.103. The van der Waals surface area contributed by atoms with E-state index < -0.39 is 0 Å². The first-order valence-electron chi connectivity index (χ1n) is 8.69. The van der Waals surface area contributed by atoms with Gasteiger partial charge < -0.3 is 11.5 Å². The molecule has 116 valence electrons. The van der Waals surface area contributed by atoms with Crippen molar-refractivity contribution in [2.75, 3.05) is 13.1 Å². The van der Waals surface area contributed by atoms with E-state index in [9.17, 15) is 0 Å². The van der Waals surface area contributed by atoms with Gasteiger partial charge >= 0.3 is 0 Å². The van der Waals surface area contributed by atoms with Gasteiger partial charge in [0.1, 0.15) is 0 Å². The smallest absolute Gasteiger partial charge is 0.0750 e. The zero-order chi connectivity index (χ0) is 14.1. The van der Waals surface area contributed by atoms with E-state index in [-0.39, 0.29) is 11.1 Å². The molecule has 0 radical (unpaired) electrons. The van der Waals surface area contributed by atoms with E-state index in [1.165, 1.54) is 51.4 Å². The van der Waals surface area contributed by atoms with Crippen molar-refractivity contribution < 1.29 is 0 Å². The highest BCUT2D eigenvalue weighted by Crippen LogP contribution is 2.50. The Morgan fingerprint density at radius 1 is 0.800 bits per heavy atom. The van der Waals surface area contributed by atoms with E-state index in [1.807, 2.05) is 0 Å². The van der Waals surface area contributed by atoms with Gasteiger partial charge in [0, 0.05) is 17.5 Å². The van der Waals surface area contributed by atoms with Crippen LogP contribution in [0.25, 0.3) is 0 Å². The van der Waals surface area contributed by atoms with Gasteiger partial charge in [-0.2, -0.15) is 0 Å². The Morgan fingerprint density at radius 3 is 1.80 bits per heavy atom. The molecule has 0 atom stereocenters. The van der Waals surface area contributed by atoms with Crippen molar-refractivity contribution in [1.82, 2.24) is 10.6 Å². The lowest BCUT2D eigenvalue weighted by molar-refractivity contribution is -0.0131. The van der Waals surface area contributed by atoms with Crippen molar-refractivity contribution in [3.8, 4) is 0 Å². The van der Waals surface area contributed by atoms with Crippen LogP contribution in [0.2, 0.25) is 0 Å². The third-order valence-corrected chi connectivity index (χ3v) is 6.24. The van der Waals surface area contributed by atoms with Gasteiger partial charge in [-0.3, -0.25) is 10.6 Å². The topological polar surface area (TPSA) is 76.1 Å². The zero-order valence-electron chi connectivity index (χ0n) is 12.8. The molecule has 2 saturated carbocycles. The number of hydrogen-bond donors (Lipinski definition) is 4. The zero-order valence-corrected chi connectivity index (χ0v) is 12.8. The molecule has 2 heterocycles. The monoisotopic (exact) mass is 280 g/mol. The lowest BCUT2D eigenvalue weighted by Gasteiger charge is -2.55. The Morgan fingerprint density at radius 2 is 1.30 bits per heavy atom. The van der Waals surface area contributed by atoms with Crippen molar-refractivity contribution in [1.29, 1.82) is 0 Å². The van der Waals surface area contributed by atoms with Crippen LogP contribution < -0.4 is 22.1 Å². The van der Waals surface area contributed by atoms with Gasteiger partial charge in [-0.1, -0.05) is 12.8 Å². The number of rotatable bonds is 4. The molecule has 0 unspecified atom stereocenters. The summed E-state index contributed by atoms with van der Waals surface area (Å²) in [4.78, 5) is 0. The average molecular weight is 280 g/mol. The Labute approximate surface area is 123 Å². The van der Waals surface area contributed by atoms with Gasteiger partial charge in [-0.05, 0) is 64.5 Å². The first-order chi connectivity index (χ1) is 9.74. The highest BCUT2D eigenvalue weighted by atomic mass is 15.3. The highest BCUT2D eigenvalue weighted by molar-refractivity contribution is 5.10. The van der Waals surface area contributed by atoms with E-state index in [2.05, 4.69) is 10.6 Å². The largest absolute Gasteiger partial charge is 0.330 e. The summed E-state index contributed by atoms with van der Waals surface area (Å²) in [6, 6.07) is 1.41. The maximum atomic E-state index is 5.99. The van der Waals surface area contributed by atoms with Gasteiger partial charge in [-0.25, -0.2) is 0 Å². The molecule has 1 spiro atoms. The number of nitrogens with one attached hydrogen (secondary N) is 2. The van der Waals surface area contributed by atoms with Crippen LogP contribution in [0, 0.1) is 5.41 Å². The molecule has 0 aromatic carbocycles. The van der Waals surface area contributed by atoms with Gasteiger partial charge in [0.25, 0.3) is 0 Å². The molecule has 0 aromatic heterocycles. The quantitative estimate of drug-likeness (QED) is 0.628. The van der Waals surface area contributed by atoms with Crippen molar-refractivity contribution in [3.63, 3.8) is 0 Å². The third-order valence-electron chi connectivity index (χ3n) is 6.24. The van der Waals surface area contributed by atoms with Crippen LogP contribution in [0.15, 0.2) is 0 Å². The Kier molecular flexibility index (Phi) is 4.37. The van der Waals surface area contributed by atoms with Crippen molar-refractivity contribution in [2.45, 2.75) is 82.0 Å². The molecule has 4 aliphatic rings. The lowest BCUT2D eigenvalue weighted by Crippen LogP contribution is -2.70. The van der Waals surface area contributed by atoms with E-state index in [1.54, 1.807) is 0 Å². The molecule has 4 nitrogen and oxygen atoms in total. The maximum absolute atomic E-state index is 5.99. The summed E-state index contributed by atoms with van der Waals surface area (Å²) in [7, 11) is 0. The van der Waals surface area contributed by atoms with Crippen molar-refractivity contribution in [2.24, 2.45) is 16.9 Å². The van der Waals surface area contributed by atoms with E-state index in [4.69, 9.17) is 11.5 Å². The Bertz CT molecular complexity index is 297. The molecular weight excluding hydrogens is 248 g/mol. The molecule has 20 heavy (non-hydrogen) atoms. The number of hydrogen-bond acceptors (Lipinski definition) is 4. The minimum atomic E-state index is 0.103. The predicted octanol–water partition coefficient (Wildman–Crippen LogP) is 1.44. The first-order valence-corrected chi connectivity index (χ1v) is 8.69. The maximum Gasteiger partial charge on any atom is 0.0750 e. The van der Waals surface area contributed by atoms with E-state index in [0.717, 1.165) is 25.9 Å². The lowest BCUT2D eigenvalue weighted by atomic mass is 9.61. The number of nitrogens with two attached hydrogens (primary N) is 2. The molecule has 0 amide bonds. The fraction of sp³-hybridized carbons (Fsp3) is 1.00. The summed E-state index contributed by atoms with van der Waals surface area (Å²) >= 11 is 0. The molecule has 2 aliphatic heterocycles. The summed E-state index contributed by atoms with van der Waals surface area (Å²) in [5.74, 6) is 0. The summed E-state index contributed by atoms with van der Waals surface area (Å²) in [5, 5.41) is 8.12. The molecular formula is C16H32N4. The molecule has 2 saturated heterocycles. The van der Waals surface area contributed by atoms with Gasteiger partial charge in [0.05, 0.1) is 5.66 Å². The standard InChI is InChI=1S/C16H32N4/c17-11-9-15(10-12-18)7-1-2-8-16(15)19-13-3-4-14(20-16)6-5-13/h13-14,19-20H,1-12,17-18H2. The third kappa shape index (κ3) is 2.41. The van der Waals surface area contributed by atoms with E-state index in [0.29, 0.717) is 12.1 Å². The Balaban J connectivity index is 1.93. The normalized spacial score (nSPS) is 39.9. The number of fused-ring (bicyclic) bond motifs is 2. The molecule has 0 aromatic rings. The summed E-state index contributed by atoms with van der Waals surface area (Å²) in [5.41, 5.74) is 12.4. The fourth-order valence-electron chi connectivity index (χ4n) is 5.26. The second-order valence-electron chi connectivity index (χ2n) is 7.31. The van der Waals surface area contributed by atoms with Gasteiger partial charge in [0.2, 0.25) is 0 Å². The van der Waals surface area contributed by atoms with Crippen molar-refractivity contribution >= 4 is 0 Å². The van der Waals surface area contributed by atoms with Crippen LogP contribution in [0.1, 0.15) is 64.2 Å². The van der Waals surface area contributed by atoms with Crippen LogP contribution in [0.5, 0.6) is 0 Å². The molecule has 4 heteroatoms. The second-order valence-corrected chi connectivity index (χ2v) is 7.31. The molecule has 6 N–H and O–H groups in total. The predicted molar refractivity (Wildman–Crippen MR) is 83.3 cm³/mol. The molecule has 4 fully saturated rings. The van der Waals surface area contributed by atoms with Gasteiger partial charge in [0.15, 0.2) is 0 Å².